The molecule has 1 radical (unpaired) electrons. The van der Waals surface area contributed by atoms with Crippen molar-refractivity contribution in [2.24, 2.45) is 11.7 Å². The summed E-state index contributed by atoms with van der Waals surface area (Å²) in [4.78, 5) is 0. The van der Waals surface area contributed by atoms with Gasteiger partial charge in [-0.15, -0.1) is 0 Å². The molecule has 0 atom stereocenters. The normalized spacial score (nSPS) is 21.5. The van der Waals surface area contributed by atoms with Crippen LogP contribution in [0.25, 0.3) is 0 Å². The molecule has 6 heavy (non-hydrogen) atoms. The molecule has 1 heteroatoms. The van der Waals surface area contributed by atoms with Crippen LogP contribution in [0.2, 0.25) is 0 Å². The van der Waals surface area contributed by atoms with Crippen molar-refractivity contribution < 1.29 is 0 Å². The summed E-state index contributed by atoms with van der Waals surface area (Å²) < 4.78 is 0. The van der Waals surface area contributed by atoms with Crippen molar-refractivity contribution in [3.63, 3.8) is 0 Å². The molecule has 1 aliphatic carbocycles. The average Bonchev–Trinajstić information content (AvgIpc) is 2.21. The molecule has 1 aliphatic rings. The molecule has 0 aromatic carbocycles. The van der Waals surface area contributed by atoms with Crippen molar-refractivity contribution in [2.45, 2.75) is 19.3 Å². The average molecular weight is 84.1 g/mol. The SMILES string of the molecule is N[CH]CC1CC1. The van der Waals surface area contributed by atoms with Gasteiger partial charge in [-0.05, 0) is 12.3 Å². The second kappa shape index (κ2) is 1.61. The van der Waals surface area contributed by atoms with E-state index in [0.717, 1.165) is 12.3 Å². The molecule has 1 nitrogen and oxygen atoms in total. The molecule has 0 heterocycles. The summed E-state index contributed by atoms with van der Waals surface area (Å²) in [6, 6.07) is 0. The lowest BCUT2D eigenvalue weighted by Crippen LogP contribution is -1.89. The van der Waals surface area contributed by atoms with Gasteiger partial charge in [-0.25, -0.2) is 0 Å². The van der Waals surface area contributed by atoms with Crippen molar-refractivity contribution >= 4 is 0 Å². The van der Waals surface area contributed by atoms with E-state index in [9.17, 15) is 0 Å². The van der Waals surface area contributed by atoms with Gasteiger partial charge in [-0.3, -0.25) is 0 Å². The van der Waals surface area contributed by atoms with Crippen molar-refractivity contribution in [3.05, 3.63) is 6.54 Å². The summed E-state index contributed by atoms with van der Waals surface area (Å²) in [5.74, 6) is 0.968. The summed E-state index contributed by atoms with van der Waals surface area (Å²) in [5.41, 5.74) is 5.14. The molecule has 0 unspecified atom stereocenters. The second-order valence-corrected chi connectivity index (χ2v) is 1.91. The maximum atomic E-state index is 5.14. The van der Waals surface area contributed by atoms with E-state index in [-0.39, 0.29) is 0 Å². The molecule has 1 rings (SSSR count). The van der Waals surface area contributed by atoms with Crippen molar-refractivity contribution in [3.8, 4) is 0 Å². The predicted octanol–water partition coefficient (Wildman–Crippen LogP) is 0.907. The lowest BCUT2D eigenvalue weighted by molar-refractivity contribution is 0.806. The molecular weight excluding hydrogens is 74.1 g/mol. The molecular formula is C5H10N. The van der Waals surface area contributed by atoms with Gasteiger partial charge in [-0.2, -0.15) is 0 Å². The zero-order valence-electron chi connectivity index (χ0n) is 3.85. The van der Waals surface area contributed by atoms with Gasteiger partial charge in [0.1, 0.15) is 0 Å². The van der Waals surface area contributed by atoms with Gasteiger partial charge in [0, 0.05) is 6.54 Å². The van der Waals surface area contributed by atoms with Crippen LogP contribution in [0.5, 0.6) is 0 Å². The summed E-state index contributed by atoms with van der Waals surface area (Å²) >= 11 is 0. The van der Waals surface area contributed by atoms with E-state index in [0.29, 0.717) is 0 Å². The minimum Gasteiger partial charge on any atom is -0.326 e. The lowest BCUT2D eigenvalue weighted by Gasteiger charge is -1.82. The molecule has 0 bridgehead atoms. The summed E-state index contributed by atoms with van der Waals surface area (Å²) in [6.07, 6.45) is 3.96. The fraction of sp³-hybridized carbons (Fsp3) is 0.800. The van der Waals surface area contributed by atoms with Crippen LogP contribution >= 0.6 is 0 Å². The lowest BCUT2D eigenvalue weighted by atomic mass is 10.3. The molecule has 0 saturated heterocycles. The van der Waals surface area contributed by atoms with Gasteiger partial charge in [-0.1, -0.05) is 12.8 Å². The minimum atomic E-state index is 0.968. The topological polar surface area (TPSA) is 26.0 Å². The van der Waals surface area contributed by atoms with Gasteiger partial charge >= 0.3 is 0 Å². The molecule has 0 aromatic rings. The molecule has 0 aliphatic heterocycles. The smallest absolute Gasteiger partial charge is 0.0195 e. The van der Waals surface area contributed by atoms with E-state index in [2.05, 4.69) is 0 Å². The third-order valence-electron chi connectivity index (χ3n) is 1.17. The Kier molecular flexibility index (Phi) is 1.10. The third kappa shape index (κ3) is 0.977. The van der Waals surface area contributed by atoms with Crippen LogP contribution in [0.4, 0.5) is 0 Å². The summed E-state index contributed by atoms with van der Waals surface area (Å²) in [7, 11) is 0. The van der Waals surface area contributed by atoms with Crippen molar-refractivity contribution in [1.82, 2.24) is 0 Å². The van der Waals surface area contributed by atoms with Gasteiger partial charge in [0.05, 0.1) is 0 Å². The first-order valence-corrected chi connectivity index (χ1v) is 2.47. The summed E-state index contributed by atoms with van der Waals surface area (Å²) in [5, 5.41) is 0. The third-order valence-corrected chi connectivity index (χ3v) is 1.17. The first kappa shape index (κ1) is 4.13. The van der Waals surface area contributed by atoms with Crippen LogP contribution < -0.4 is 5.73 Å². The molecule has 0 aromatic heterocycles. The van der Waals surface area contributed by atoms with E-state index < -0.39 is 0 Å². The van der Waals surface area contributed by atoms with E-state index >= 15 is 0 Å². The van der Waals surface area contributed by atoms with E-state index in [1.54, 1.807) is 6.54 Å². The first-order chi connectivity index (χ1) is 2.93. The van der Waals surface area contributed by atoms with E-state index in [1.807, 2.05) is 0 Å². The highest BCUT2D eigenvalue weighted by atomic mass is 14.5. The van der Waals surface area contributed by atoms with Crippen LogP contribution in [0, 0.1) is 12.5 Å². The van der Waals surface area contributed by atoms with E-state index in [4.69, 9.17) is 5.73 Å². The van der Waals surface area contributed by atoms with Gasteiger partial charge in [0.2, 0.25) is 0 Å². The van der Waals surface area contributed by atoms with Gasteiger partial charge in [0.15, 0.2) is 0 Å². The first-order valence-electron chi connectivity index (χ1n) is 2.47. The molecule has 35 valence electrons. The maximum Gasteiger partial charge on any atom is 0.0195 e. The zero-order valence-corrected chi connectivity index (χ0v) is 3.85. The number of hydrogen-bond donors (Lipinski definition) is 1. The predicted molar refractivity (Wildman–Crippen MR) is 25.8 cm³/mol. The fourth-order valence-electron chi connectivity index (χ4n) is 0.546. The molecule has 2 N–H and O–H groups in total. The fourth-order valence-corrected chi connectivity index (χ4v) is 0.546. The monoisotopic (exact) mass is 84.1 g/mol. The highest BCUT2D eigenvalue weighted by Crippen LogP contribution is 2.32. The van der Waals surface area contributed by atoms with Gasteiger partial charge < -0.3 is 5.73 Å². The zero-order chi connectivity index (χ0) is 4.41. The van der Waals surface area contributed by atoms with Crippen LogP contribution in [0.1, 0.15) is 19.3 Å². The Hall–Kier alpha value is -0.0400. The largest absolute Gasteiger partial charge is 0.326 e. The van der Waals surface area contributed by atoms with Crippen LogP contribution in [0.15, 0.2) is 0 Å². The minimum absolute atomic E-state index is 0.968. The van der Waals surface area contributed by atoms with Crippen LogP contribution in [-0.2, 0) is 0 Å². The second-order valence-electron chi connectivity index (χ2n) is 1.91. The Bertz CT molecular complexity index is 39.2. The van der Waals surface area contributed by atoms with Crippen molar-refractivity contribution in [1.29, 1.82) is 0 Å². The van der Waals surface area contributed by atoms with Crippen LogP contribution in [0.3, 0.4) is 0 Å². The number of hydrogen-bond acceptors (Lipinski definition) is 1. The molecule has 0 spiro atoms. The van der Waals surface area contributed by atoms with E-state index in [1.165, 1.54) is 12.8 Å². The highest BCUT2D eigenvalue weighted by Gasteiger charge is 2.19. The van der Waals surface area contributed by atoms with Crippen LogP contribution in [-0.4, -0.2) is 0 Å². The Morgan fingerprint density at radius 2 is 2.33 bits per heavy atom. The number of rotatable bonds is 2. The summed E-state index contributed by atoms with van der Waals surface area (Å²) in [6.45, 7) is 1.76. The molecule has 1 fully saturated rings. The molecule has 0 amide bonds. The quantitative estimate of drug-likeness (QED) is 0.528. The maximum absolute atomic E-state index is 5.14. The number of nitrogens with two attached hydrogens (primary N) is 1. The Labute approximate surface area is 38.5 Å². The standard InChI is InChI=1S/C5H10N/c6-4-3-5-1-2-5/h4-5H,1-3,6H2. The Morgan fingerprint density at radius 1 is 1.67 bits per heavy atom. The van der Waals surface area contributed by atoms with Gasteiger partial charge in [0.25, 0.3) is 0 Å². The Balaban J connectivity index is 1.88. The Morgan fingerprint density at radius 3 is 2.50 bits per heavy atom. The molecule has 1 saturated carbocycles. The highest BCUT2D eigenvalue weighted by molar-refractivity contribution is 4.76. The van der Waals surface area contributed by atoms with Crippen molar-refractivity contribution in [2.75, 3.05) is 0 Å².